The Morgan fingerprint density at radius 2 is 0.646 bits per heavy atom. The third kappa shape index (κ3) is 4.65. The zero-order valence-corrected chi connectivity index (χ0v) is 27.6. The third-order valence-electron chi connectivity index (χ3n) is 9.65. The second-order valence-corrected chi connectivity index (χ2v) is 14.7. The van der Waals surface area contributed by atoms with Gasteiger partial charge in [0.15, 0.2) is 0 Å². The number of rotatable bonds is 4. The highest BCUT2D eigenvalue weighted by Crippen LogP contribution is 2.46. The molecule has 0 nitrogen and oxygen atoms in total. The molecule has 8 aromatic carbocycles. The van der Waals surface area contributed by atoms with Crippen LogP contribution in [-0.2, 0) is 0 Å². The molecule has 0 aliphatic heterocycles. The van der Waals surface area contributed by atoms with Gasteiger partial charge >= 0.3 is 0 Å². The van der Waals surface area contributed by atoms with Crippen LogP contribution in [0.4, 0.5) is 0 Å². The number of hydrogen-bond acceptors (Lipinski definition) is 2. The molecule has 0 aliphatic carbocycles. The second-order valence-electron chi connectivity index (χ2n) is 12.6. The van der Waals surface area contributed by atoms with Crippen LogP contribution in [0.5, 0.6) is 0 Å². The molecule has 0 saturated carbocycles. The van der Waals surface area contributed by atoms with Crippen molar-refractivity contribution in [1.29, 1.82) is 0 Å². The molecule has 48 heavy (non-hydrogen) atoms. The first-order chi connectivity index (χ1) is 23.7. The third-order valence-corrected chi connectivity index (χ3v) is 12.1. The van der Waals surface area contributed by atoms with Gasteiger partial charge in [-0.3, -0.25) is 0 Å². The summed E-state index contributed by atoms with van der Waals surface area (Å²) in [5.41, 5.74) is 9.88. The molecule has 0 bridgehead atoms. The normalized spacial score (nSPS) is 11.8. The molecule has 0 N–H and O–H groups in total. The second kappa shape index (κ2) is 11.0. The SMILES string of the molecule is c1ccc(-c2cccc(-c3ccc(-c4ccc(-c5ccc6cc7c(cc6c5)sc5c6cc8ccccc8cc6sc75)cc4)cc3)c2)cc1. The predicted octanol–water partition coefficient (Wildman–Crippen LogP) is 14.2. The molecule has 2 heterocycles. The van der Waals surface area contributed by atoms with Gasteiger partial charge < -0.3 is 0 Å². The smallest absolute Gasteiger partial charge is 0.0542 e. The standard InChI is InChI=1S/C46H28S2/c1-2-7-29(8-3-1)34-11-6-12-35(23-34)32-17-13-30(14-18-32)31-15-19-33(20-16-31)38-21-22-39-26-42-44(28-40(39)24-38)48-45-41-25-36-9-4-5-10-37(36)27-43(41)47-46(42)45/h1-28H. The van der Waals surface area contributed by atoms with Crippen molar-refractivity contribution in [2.24, 2.45) is 0 Å². The summed E-state index contributed by atoms with van der Waals surface area (Å²) in [5.74, 6) is 0. The van der Waals surface area contributed by atoms with E-state index in [2.05, 4.69) is 170 Å². The van der Waals surface area contributed by atoms with Crippen LogP contribution in [0.3, 0.4) is 0 Å². The average molecular weight is 645 g/mol. The molecule has 0 unspecified atom stereocenters. The first-order valence-electron chi connectivity index (χ1n) is 16.3. The molecule has 0 saturated heterocycles. The van der Waals surface area contributed by atoms with Gasteiger partial charge in [-0.1, -0.05) is 133 Å². The fraction of sp³-hybridized carbons (Fsp3) is 0. The molecule has 0 fully saturated rings. The Morgan fingerprint density at radius 3 is 1.23 bits per heavy atom. The van der Waals surface area contributed by atoms with Crippen LogP contribution >= 0.6 is 22.7 Å². The Morgan fingerprint density at radius 1 is 0.250 bits per heavy atom. The molecule has 10 rings (SSSR count). The van der Waals surface area contributed by atoms with Crippen LogP contribution < -0.4 is 0 Å². The number of benzene rings is 8. The lowest BCUT2D eigenvalue weighted by atomic mass is 9.96. The van der Waals surface area contributed by atoms with E-state index in [1.165, 1.54) is 95.6 Å². The molecule has 2 aromatic heterocycles. The molecule has 0 aliphatic rings. The first-order valence-corrected chi connectivity index (χ1v) is 17.9. The summed E-state index contributed by atoms with van der Waals surface area (Å²) >= 11 is 3.86. The molecule has 0 amide bonds. The van der Waals surface area contributed by atoms with Crippen LogP contribution in [-0.4, -0.2) is 0 Å². The predicted molar refractivity (Wildman–Crippen MR) is 211 cm³/mol. The summed E-state index contributed by atoms with van der Waals surface area (Å²) in [6, 6.07) is 62.4. The summed E-state index contributed by atoms with van der Waals surface area (Å²) in [6.07, 6.45) is 0. The van der Waals surface area contributed by atoms with Crippen LogP contribution in [0, 0.1) is 0 Å². The largest absolute Gasteiger partial charge is 0.134 e. The Hall–Kier alpha value is -5.54. The van der Waals surface area contributed by atoms with Crippen LogP contribution in [0.25, 0.3) is 95.6 Å². The lowest BCUT2D eigenvalue weighted by Gasteiger charge is -2.09. The minimum Gasteiger partial charge on any atom is -0.134 e. The molecule has 10 aromatic rings. The van der Waals surface area contributed by atoms with Crippen molar-refractivity contribution >= 4 is 73.8 Å². The Balaban J connectivity index is 0.942. The van der Waals surface area contributed by atoms with Crippen LogP contribution in [0.2, 0.25) is 0 Å². The van der Waals surface area contributed by atoms with Gasteiger partial charge in [0, 0.05) is 20.2 Å². The van der Waals surface area contributed by atoms with Gasteiger partial charge in [-0.05, 0) is 102 Å². The highest BCUT2D eigenvalue weighted by atomic mass is 32.1. The minimum absolute atomic E-state index is 1.23. The van der Waals surface area contributed by atoms with E-state index in [1.807, 2.05) is 22.7 Å². The summed E-state index contributed by atoms with van der Waals surface area (Å²) in [6.45, 7) is 0. The summed E-state index contributed by atoms with van der Waals surface area (Å²) in [7, 11) is 0. The topological polar surface area (TPSA) is 0 Å². The van der Waals surface area contributed by atoms with Gasteiger partial charge in [-0.2, -0.15) is 0 Å². The fourth-order valence-corrected chi connectivity index (χ4v) is 9.78. The zero-order valence-electron chi connectivity index (χ0n) is 26.0. The molecule has 224 valence electrons. The molecule has 0 atom stereocenters. The van der Waals surface area contributed by atoms with E-state index in [0.717, 1.165) is 0 Å². The van der Waals surface area contributed by atoms with Gasteiger partial charge in [-0.25, -0.2) is 0 Å². The lowest BCUT2D eigenvalue weighted by Crippen LogP contribution is -1.84. The summed E-state index contributed by atoms with van der Waals surface area (Å²) in [4.78, 5) is 0. The van der Waals surface area contributed by atoms with Crippen LogP contribution in [0.1, 0.15) is 0 Å². The van der Waals surface area contributed by atoms with E-state index < -0.39 is 0 Å². The molecule has 0 spiro atoms. The maximum absolute atomic E-state index is 2.40. The maximum atomic E-state index is 2.40. The fourth-order valence-electron chi connectivity index (χ4n) is 7.09. The molecular formula is C46H28S2. The van der Waals surface area contributed by atoms with Crippen molar-refractivity contribution in [3.8, 4) is 44.5 Å². The number of hydrogen-bond donors (Lipinski definition) is 0. The van der Waals surface area contributed by atoms with E-state index in [4.69, 9.17) is 0 Å². The van der Waals surface area contributed by atoms with Crippen molar-refractivity contribution < 1.29 is 0 Å². The minimum atomic E-state index is 1.23. The van der Waals surface area contributed by atoms with E-state index in [9.17, 15) is 0 Å². The maximum Gasteiger partial charge on any atom is 0.0542 e. The number of fused-ring (bicyclic) bond motifs is 7. The van der Waals surface area contributed by atoms with Crippen molar-refractivity contribution in [2.75, 3.05) is 0 Å². The highest BCUT2D eigenvalue weighted by Gasteiger charge is 2.14. The zero-order chi connectivity index (χ0) is 31.6. The molecule has 2 heteroatoms. The first kappa shape index (κ1) is 27.6. The van der Waals surface area contributed by atoms with E-state index >= 15 is 0 Å². The average Bonchev–Trinajstić information content (AvgIpc) is 3.68. The lowest BCUT2D eigenvalue weighted by molar-refractivity contribution is 1.57. The Kier molecular flexibility index (Phi) is 6.33. The van der Waals surface area contributed by atoms with Gasteiger partial charge in [0.05, 0.1) is 9.40 Å². The van der Waals surface area contributed by atoms with Gasteiger partial charge in [-0.15, -0.1) is 22.7 Å². The van der Waals surface area contributed by atoms with Crippen molar-refractivity contribution in [3.05, 3.63) is 170 Å². The van der Waals surface area contributed by atoms with Crippen molar-refractivity contribution in [3.63, 3.8) is 0 Å². The summed E-state index contributed by atoms with van der Waals surface area (Å²) in [5, 5.41) is 7.96. The molecule has 0 radical (unpaired) electrons. The Bertz CT molecular complexity index is 2800. The van der Waals surface area contributed by atoms with Gasteiger partial charge in [0.1, 0.15) is 0 Å². The number of thiophene rings is 2. The van der Waals surface area contributed by atoms with Gasteiger partial charge in [0.25, 0.3) is 0 Å². The van der Waals surface area contributed by atoms with Crippen LogP contribution in [0.15, 0.2) is 170 Å². The highest BCUT2D eigenvalue weighted by molar-refractivity contribution is 7.36. The van der Waals surface area contributed by atoms with E-state index in [-0.39, 0.29) is 0 Å². The van der Waals surface area contributed by atoms with Gasteiger partial charge in [0.2, 0.25) is 0 Å². The van der Waals surface area contributed by atoms with E-state index in [0.29, 0.717) is 0 Å². The quantitative estimate of drug-likeness (QED) is 0.179. The molecular weight excluding hydrogens is 617 g/mol. The Labute approximate surface area is 286 Å². The summed E-state index contributed by atoms with van der Waals surface area (Å²) < 4.78 is 5.56. The van der Waals surface area contributed by atoms with Crippen molar-refractivity contribution in [2.45, 2.75) is 0 Å². The van der Waals surface area contributed by atoms with E-state index in [1.54, 1.807) is 0 Å². The van der Waals surface area contributed by atoms with Crippen molar-refractivity contribution in [1.82, 2.24) is 0 Å². The monoisotopic (exact) mass is 644 g/mol.